The Hall–Kier alpha value is -4.02. The first-order valence-corrected chi connectivity index (χ1v) is 12.3. The van der Waals surface area contributed by atoms with E-state index in [9.17, 15) is 18.0 Å². The fraction of sp³-hybridized carbons (Fsp3) is 0.0417. The van der Waals surface area contributed by atoms with Crippen LogP contribution in [0.25, 0.3) is 21.2 Å². The number of rotatable bonds is 5. The molecule has 0 bridgehead atoms. The van der Waals surface area contributed by atoms with E-state index < -0.39 is 20.9 Å². The Kier molecular flexibility index (Phi) is 5.39. The van der Waals surface area contributed by atoms with Crippen molar-refractivity contribution in [2.45, 2.75) is 4.90 Å². The highest BCUT2D eigenvalue weighted by Gasteiger charge is 2.34. The Morgan fingerprint density at radius 1 is 1.03 bits per heavy atom. The van der Waals surface area contributed by atoms with Crippen LogP contribution in [0.4, 0.5) is 5.69 Å². The molecule has 0 aliphatic carbocycles. The number of ether oxygens (including phenoxy) is 1. The van der Waals surface area contributed by atoms with Gasteiger partial charge < -0.3 is 9.15 Å². The molecule has 0 unspecified atom stereocenters. The van der Waals surface area contributed by atoms with Gasteiger partial charge in [-0.05, 0) is 54.6 Å². The van der Waals surface area contributed by atoms with Gasteiger partial charge in [0.05, 0.1) is 23.0 Å². The van der Waals surface area contributed by atoms with Crippen LogP contribution in [0.1, 0.15) is 10.4 Å². The lowest BCUT2D eigenvalue weighted by Gasteiger charge is -2.23. The van der Waals surface area contributed by atoms with Crippen molar-refractivity contribution < 1.29 is 22.4 Å². The van der Waals surface area contributed by atoms with E-state index in [1.54, 1.807) is 36.4 Å². The molecule has 0 atom stereocenters. The monoisotopic (exact) mass is 492 g/mol. The maximum Gasteiger partial charge on any atom is 0.396 e. The van der Waals surface area contributed by atoms with Crippen molar-refractivity contribution >= 4 is 54.1 Å². The van der Waals surface area contributed by atoms with Gasteiger partial charge >= 0.3 is 4.94 Å². The maximum atomic E-state index is 14.0. The molecule has 0 aliphatic heterocycles. The molecule has 5 aromatic rings. The fourth-order valence-corrected chi connectivity index (χ4v) is 5.86. The summed E-state index contributed by atoms with van der Waals surface area (Å²) in [5, 5.41) is 0.615. The number of methoxy groups -OCH3 is 1. The van der Waals surface area contributed by atoms with Crippen LogP contribution in [0.5, 0.6) is 5.75 Å². The summed E-state index contributed by atoms with van der Waals surface area (Å²) in [5.41, 5.74) is 0.753. The molecule has 0 spiro atoms. The van der Waals surface area contributed by atoms with Gasteiger partial charge in [-0.2, -0.15) is 4.31 Å². The maximum absolute atomic E-state index is 14.0. The quantitative estimate of drug-likeness (QED) is 0.357. The molecule has 0 saturated heterocycles. The Bertz CT molecular complexity index is 1700. The molecule has 0 N–H and O–H groups in total. The predicted octanol–water partition coefficient (Wildman–Crippen LogP) is 4.45. The van der Waals surface area contributed by atoms with Crippen LogP contribution < -0.4 is 14.0 Å². The lowest BCUT2D eigenvalue weighted by atomic mass is 10.2. The third-order valence-electron chi connectivity index (χ3n) is 5.18. The van der Waals surface area contributed by atoms with Crippen molar-refractivity contribution in [1.82, 2.24) is 4.98 Å². The number of aromatic nitrogens is 1. The van der Waals surface area contributed by atoms with Crippen LogP contribution in [0.2, 0.25) is 0 Å². The second-order valence-electron chi connectivity index (χ2n) is 7.22. The van der Waals surface area contributed by atoms with E-state index in [4.69, 9.17) is 9.15 Å². The van der Waals surface area contributed by atoms with Crippen molar-refractivity contribution in [3.8, 4) is 5.75 Å². The SMILES string of the molecule is COc1ccc(C(=O)N(c2ccc3oc(=O)sc3c2)S(=O)(=O)c2cccc3cccnc23)cc1. The molecule has 0 saturated carbocycles. The molecule has 0 aliphatic rings. The molecule has 2 heterocycles. The Balaban J connectivity index is 1.73. The van der Waals surface area contributed by atoms with Gasteiger partial charge in [0.2, 0.25) is 0 Å². The van der Waals surface area contributed by atoms with Crippen molar-refractivity contribution in [3.05, 3.63) is 94.3 Å². The number of amides is 1. The predicted molar refractivity (Wildman–Crippen MR) is 129 cm³/mol. The summed E-state index contributed by atoms with van der Waals surface area (Å²) < 4.78 is 39.3. The van der Waals surface area contributed by atoms with Crippen molar-refractivity contribution in [3.63, 3.8) is 0 Å². The Morgan fingerprint density at radius 2 is 1.79 bits per heavy atom. The van der Waals surface area contributed by atoms with Gasteiger partial charge in [0.25, 0.3) is 15.9 Å². The lowest BCUT2D eigenvalue weighted by molar-refractivity contribution is 0.101. The number of nitrogens with zero attached hydrogens (tertiary/aromatic N) is 2. The van der Waals surface area contributed by atoms with Gasteiger partial charge in [0.1, 0.15) is 16.2 Å². The van der Waals surface area contributed by atoms with E-state index in [0.717, 1.165) is 15.6 Å². The first kappa shape index (κ1) is 21.8. The van der Waals surface area contributed by atoms with Crippen molar-refractivity contribution in [2.24, 2.45) is 0 Å². The largest absolute Gasteiger partial charge is 0.497 e. The zero-order valence-corrected chi connectivity index (χ0v) is 19.3. The smallest absolute Gasteiger partial charge is 0.396 e. The normalized spacial score (nSPS) is 11.6. The summed E-state index contributed by atoms with van der Waals surface area (Å²) in [7, 11) is -2.93. The summed E-state index contributed by atoms with van der Waals surface area (Å²) in [6, 6.07) is 18.6. The standard InChI is InChI=1S/C24H16N2O6S2/c1-31-18-10-7-16(8-11-18)23(27)26(17-9-12-19-20(14-17)33-24(28)32-19)34(29,30)21-6-2-4-15-5-3-13-25-22(15)21/h2-14H,1H3. The van der Waals surface area contributed by atoms with E-state index in [1.165, 1.54) is 49.7 Å². The molecular formula is C24H16N2O6S2. The number of sulfonamides is 1. The van der Waals surface area contributed by atoms with Crippen LogP contribution in [-0.2, 0) is 10.0 Å². The first-order valence-electron chi connectivity index (χ1n) is 9.99. The summed E-state index contributed by atoms with van der Waals surface area (Å²) in [6.45, 7) is 0. The molecule has 10 heteroatoms. The number of carbonyl (C=O) groups is 1. The Morgan fingerprint density at radius 3 is 2.56 bits per heavy atom. The lowest BCUT2D eigenvalue weighted by Crippen LogP contribution is -2.37. The number of para-hydroxylation sites is 1. The third-order valence-corrected chi connectivity index (χ3v) is 7.72. The second-order valence-corrected chi connectivity index (χ2v) is 9.95. The van der Waals surface area contributed by atoms with Crippen LogP contribution in [0, 0.1) is 0 Å². The number of pyridine rings is 1. The van der Waals surface area contributed by atoms with Gasteiger partial charge in [-0.3, -0.25) is 9.78 Å². The van der Waals surface area contributed by atoms with Gasteiger partial charge in [0, 0.05) is 17.1 Å². The fourth-order valence-electron chi connectivity index (χ4n) is 3.59. The molecule has 2 aromatic heterocycles. The van der Waals surface area contributed by atoms with Gasteiger partial charge in [-0.1, -0.05) is 29.5 Å². The average molecular weight is 493 g/mol. The number of hydrogen-bond donors (Lipinski definition) is 0. The van der Waals surface area contributed by atoms with Crippen LogP contribution >= 0.6 is 11.3 Å². The number of anilines is 1. The van der Waals surface area contributed by atoms with E-state index >= 15 is 0 Å². The topological polar surface area (TPSA) is 107 Å². The molecule has 0 fully saturated rings. The molecule has 34 heavy (non-hydrogen) atoms. The molecule has 3 aromatic carbocycles. The molecule has 8 nitrogen and oxygen atoms in total. The highest BCUT2D eigenvalue weighted by atomic mass is 32.2. The molecular weight excluding hydrogens is 476 g/mol. The summed E-state index contributed by atoms with van der Waals surface area (Å²) in [6.07, 6.45) is 1.49. The van der Waals surface area contributed by atoms with Crippen molar-refractivity contribution in [1.29, 1.82) is 0 Å². The van der Waals surface area contributed by atoms with E-state index in [1.807, 2.05) is 0 Å². The summed E-state index contributed by atoms with van der Waals surface area (Å²) in [5.74, 6) is -0.250. The minimum absolute atomic E-state index is 0.0679. The zero-order valence-electron chi connectivity index (χ0n) is 17.7. The van der Waals surface area contributed by atoms with E-state index in [0.29, 0.717) is 21.4 Å². The zero-order chi connectivity index (χ0) is 23.9. The summed E-state index contributed by atoms with van der Waals surface area (Å²) in [4.78, 5) is 28.9. The average Bonchev–Trinajstić information content (AvgIpc) is 3.23. The van der Waals surface area contributed by atoms with Crippen LogP contribution in [0.3, 0.4) is 0 Å². The minimum atomic E-state index is -4.42. The highest BCUT2D eigenvalue weighted by molar-refractivity contribution is 7.93. The Labute approximate surface area is 197 Å². The molecule has 0 radical (unpaired) electrons. The third kappa shape index (κ3) is 3.72. The van der Waals surface area contributed by atoms with E-state index in [2.05, 4.69) is 4.98 Å². The number of fused-ring (bicyclic) bond motifs is 2. The first-order chi connectivity index (χ1) is 16.4. The highest BCUT2D eigenvalue weighted by Crippen LogP contribution is 2.32. The second kappa shape index (κ2) is 8.40. The summed E-state index contributed by atoms with van der Waals surface area (Å²) >= 11 is 0.821. The molecule has 5 rings (SSSR count). The van der Waals surface area contributed by atoms with Crippen LogP contribution in [-0.4, -0.2) is 26.4 Å². The molecule has 170 valence electrons. The number of carbonyl (C=O) groups excluding carboxylic acids is 1. The number of hydrogen-bond acceptors (Lipinski definition) is 8. The molecule has 1 amide bonds. The number of benzene rings is 3. The van der Waals surface area contributed by atoms with Gasteiger partial charge in [0.15, 0.2) is 0 Å². The van der Waals surface area contributed by atoms with Crippen LogP contribution in [0.15, 0.2) is 93.1 Å². The van der Waals surface area contributed by atoms with Gasteiger partial charge in [-0.25, -0.2) is 13.2 Å². The van der Waals surface area contributed by atoms with Gasteiger partial charge in [-0.15, -0.1) is 0 Å². The van der Waals surface area contributed by atoms with Crippen molar-refractivity contribution in [2.75, 3.05) is 11.4 Å². The van der Waals surface area contributed by atoms with E-state index in [-0.39, 0.29) is 21.7 Å². The minimum Gasteiger partial charge on any atom is -0.497 e.